The molecule has 0 aromatic heterocycles. The molecule has 0 aliphatic heterocycles. The van der Waals surface area contributed by atoms with E-state index in [0.717, 1.165) is 0 Å². The fraction of sp³-hybridized carbons (Fsp3) is 0. The molecule has 0 heterocycles. The number of rotatable bonds is 3. The van der Waals surface area contributed by atoms with Crippen LogP contribution in [0.3, 0.4) is 0 Å². The Balaban J connectivity index is -0.000000605. The molecule has 0 aromatic rings. The fourth-order valence-corrected chi connectivity index (χ4v) is 1.53. The van der Waals surface area contributed by atoms with E-state index in [2.05, 4.69) is 8.83 Å². The Hall–Kier alpha value is 2.09. The number of hydrogen-bond acceptors (Lipinski definition) is 9. The maximum absolute atomic E-state index is 10.0. The van der Waals surface area contributed by atoms with Crippen molar-refractivity contribution >= 4 is 97.3 Å². The summed E-state index contributed by atoms with van der Waals surface area (Å²) in [6.45, 7) is 0. The summed E-state index contributed by atoms with van der Waals surface area (Å²) in [6, 6.07) is 0. The molecule has 14 heavy (non-hydrogen) atoms. The summed E-state index contributed by atoms with van der Waals surface area (Å²) in [4.78, 5) is 38.7. The average molecular weight is 298 g/mol. The van der Waals surface area contributed by atoms with E-state index in [9.17, 15) is 33.7 Å². The molecule has 0 N–H and O–H groups in total. The molecular weight excluding hydrogens is 298 g/mol. The van der Waals surface area contributed by atoms with E-state index in [1.165, 1.54) is 0 Å². The van der Waals surface area contributed by atoms with Crippen LogP contribution in [0.1, 0.15) is 0 Å². The SMILES string of the molecule is O=C([O-])OP(=O)([O-])OP(=O)([O-])[O-].[Ca+2].[Ca+2]. The minimum atomic E-state index is -5.84. The van der Waals surface area contributed by atoms with Gasteiger partial charge in [0.2, 0.25) is 7.82 Å². The first-order chi connectivity index (χ1) is 5.12. The summed E-state index contributed by atoms with van der Waals surface area (Å²) >= 11 is 0. The molecule has 0 aliphatic rings. The topological polar surface area (TPSA) is 162 Å². The Morgan fingerprint density at radius 2 is 1.43 bits per heavy atom. The molecule has 0 radical (unpaired) electrons. The van der Waals surface area contributed by atoms with Crippen molar-refractivity contribution in [3.05, 3.63) is 0 Å². The van der Waals surface area contributed by atoms with Gasteiger partial charge in [0.1, 0.15) is 0 Å². The van der Waals surface area contributed by atoms with Gasteiger partial charge in [-0.3, -0.25) is 8.88 Å². The van der Waals surface area contributed by atoms with Gasteiger partial charge in [-0.2, -0.15) is 0 Å². The van der Waals surface area contributed by atoms with E-state index >= 15 is 0 Å². The van der Waals surface area contributed by atoms with Crippen LogP contribution in [0.25, 0.3) is 0 Å². The van der Waals surface area contributed by atoms with Gasteiger partial charge in [0, 0.05) is 0 Å². The van der Waals surface area contributed by atoms with Crippen LogP contribution < -0.4 is 19.8 Å². The zero-order valence-corrected chi connectivity index (χ0v) is 12.7. The molecule has 0 saturated heterocycles. The molecule has 1 atom stereocenters. The summed E-state index contributed by atoms with van der Waals surface area (Å²) < 4.78 is 25.2. The minimum absolute atomic E-state index is 0. The van der Waals surface area contributed by atoms with Gasteiger partial charge in [-0.05, 0) is 0 Å². The molecule has 72 valence electrons. The molecule has 9 nitrogen and oxygen atoms in total. The maximum atomic E-state index is 10.0. The minimum Gasteiger partial charge on any atom is -0.790 e. The van der Waals surface area contributed by atoms with E-state index in [-0.39, 0.29) is 75.5 Å². The van der Waals surface area contributed by atoms with Gasteiger partial charge in [0.15, 0.2) is 0 Å². The molecule has 0 bridgehead atoms. The van der Waals surface area contributed by atoms with Crippen LogP contribution in [0.4, 0.5) is 4.79 Å². The third-order valence-corrected chi connectivity index (χ3v) is 2.36. The summed E-state index contributed by atoms with van der Waals surface area (Å²) in [5.74, 6) is 0. The fourth-order valence-electron chi connectivity index (χ4n) is 0.230. The van der Waals surface area contributed by atoms with Gasteiger partial charge >= 0.3 is 75.5 Å². The summed E-state index contributed by atoms with van der Waals surface area (Å²) in [5.41, 5.74) is 0. The van der Waals surface area contributed by atoms with Gasteiger partial charge in [0.05, 0.1) is 7.82 Å². The molecule has 0 aromatic carbocycles. The van der Waals surface area contributed by atoms with Crippen LogP contribution in [0, 0.1) is 0 Å². The molecule has 13 heteroatoms. The first-order valence-corrected chi connectivity index (χ1v) is 4.99. The third-order valence-electron chi connectivity index (χ3n) is 0.386. The summed E-state index contributed by atoms with van der Waals surface area (Å²) in [7, 11) is -11.5. The molecule has 0 saturated carbocycles. The Morgan fingerprint density at radius 3 is 1.64 bits per heavy atom. The summed E-state index contributed by atoms with van der Waals surface area (Å²) in [6.07, 6.45) is -2.55. The van der Waals surface area contributed by atoms with Gasteiger partial charge < -0.3 is 33.7 Å². The largest absolute Gasteiger partial charge is 2.00 e. The molecule has 0 aliphatic carbocycles. The van der Waals surface area contributed by atoms with Crippen LogP contribution in [0.15, 0.2) is 0 Å². The first-order valence-electron chi connectivity index (χ1n) is 2.07. The monoisotopic (exact) mass is 298 g/mol. The number of phosphoric acid groups is 2. The molecule has 1 unspecified atom stereocenters. The molecule has 0 amide bonds. The quantitative estimate of drug-likeness (QED) is 0.372. The number of hydrogen-bond donors (Lipinski definition) is 0. The Bertz CT molecular complexity index is 268. The maximum Gasteiger partial charge on any atom is 2.00 e. The Labute approximate surface area is 138 Å². The van der Waals surface area contributed by atoms with E-state index in [1.807, 2.05) is 0 Å². The van der Waals surface area contributed by atoms with Crippen molar-refractivity contribution < 1.29 is 42.5 Å². The zero-order valence-electron chi connectivity index (χ0n) is 6.48. The normalized spacial score (nSPS) is 14.2. The summed E-state index contributed by atoms with van der Waals surface area (Å²) in [5, 5.41) is 9.42. The smallest absolute Gasteiger partial charge is 0.790 e. The first kappa shape index (κ1) is 21.4. The van der Waals surface area contributed by atoms with E-state index in [1.54, 1.807) is 0 Å². The van der Waals surface area contributed by atoms with Crippen LogP contribution in [0.5, 0.6) is 0 Å². The molecule has 0 fully saturated rings. The number of carbonyl (C=O) groups is 1. The van der Waals surface area contributed by atoms with Crippen molar-refractivity contribution in [1.29, 1.82) is 0 Å². The Kier molecular flexibility index (Phi) is 12.6. The molecular formula is CCa2O9P2. The Morgan fingerprint density at radius 1 is 1.07 bits per heavy atom. The predicted molar refractivity (Wildman–Crippen MR) is 34.3 cm³/mol. The van der Waals surface area contributed by atoms with Gasteiger partial charge in [-0.15, -0.1) is 0 Å². The van der Waals surface area contributed by atoms with Crippen molar-refractivity contribution in [1.82, 2.24) is 0 Å². The van der Waals surface area contributed by atoms with E-state index in [4.69, 9.17) is 0 Å². The second-order valence-electron chi connectivity index (χ2n) is 1.32. The average Bonchev–Trinajstić information content (AvgIpc) is 1.48. The number of carbonyl (C=O) groups excluding carboxylic acids is 1. The predicted octanol–water partition coefficient (Wildman–Crippen LogP) is -4.10. The zero-order chi connectivity index (χ0) is 9.99. The number of phosphoric ester groups is 1. The standard InChI is InChI=1S/CH4O9P2.2Ca/c2-1(3)9-12(7,8)10-11(4,5)6;;/h(H,2,3)(H,7,8)(H2,4,5,6);;/q;2*+2/p-4. The van der Waals surface area contributed by atoms with Crippen LogP contribution in [-0.2, 0) is 18.0 Å². The van der Waals surface area contributed by atoms with E-state index in [0.29, 0.717) is 0 Å². The third kappa shape index (κ3) is 14.1. The molecule has 0 spiro atoms. The van der Waals surface area contributed by atoms with Crippen molar-refractivity contribution in [2.45, 2.75) is 0 Å². The van der Waals surface area contributed by atoms with Crippen molar-refractivity contribution in [2.75, 3.05) is 0 Å². The number of carboxylic acid groups (broad SMARTS) is 1. The van der Waals surface area contributed by atoms with Crippen LogP contribution in [-0.4, -0.2) is 81.6 Å². The van der Waals surface area contributed by atoms with Crippen molar-refractivity contribution in [3.63, 3.8) is 0 Å². The van der Waals surface area contributed by atoms with Crippen LogP contribution >= 0.6 is 15.6 Å². The van der Waals surface area contributed by atoms with Gasteiger partial charge in [-0.25, -0.2) is 0 Å². The van der Waals surface area contributed by atoms with Crippen molar-refractivity contribution in [3.8, 4) is 0 Å². The van der Waals surface area contributed by atoms with Crippen LogP contribution in [0.2, 0.25) is 0 Å². The van der Waals surface area contributed by atoms with Gasteiger partial charge in [-0.1, -0.05) is 0 Å². The van der Waals surface area contributed by atoms with Crippen molar-refractivity contribution in [2.24, 2.45) is 0 Å². The second-order valence-corrected chi connectivity index (χ2v) is 3.94. The van der Waals surface area contributed by atoms with Gasteiger partial charge in [0.25, 0.3) is 6.16 Å². The second kappa shape index (κ2) is 8.22. The van der Waals surface area contributed by atoms with E-state index < -0.39 is 21.8 Å². The molecule has 0 rings (SSSR count).